The summed E-state index contributed by atoms with van der Waals surface area (Å²) in [6.45, 7) is 3.49. The molecule has 5 nitrogen and oxygen atoms in total. The van der Waals surface area contributed by atoms with Crippen molar-refractivity contribution >= 4 is 63.9 Å². The van der Waals surface area contributed by atoms with E-state index in [0.717, 1.165) is 44.3 Å². The van der Waals surface area contributed by atoms with Crippen LogP contribution in [0.2, 0.25) is 15.1 Å². The number of nitrogens with zero attached hydrogens (tertiary/aromatic N) is 4. The van der Waals surface area contributed by atoms with Gasteiger partial charge in [-0.1, -0.05) is 66.7 Å². The Morgan fingerprint density at radius 1 is 0.969 bits per heavy atom. The van der Waals surface area contributed by atoms with Crippen LogP contribution in [-0.4, -0.2) is 34.2 Å². The average Bonchev–Trinajstić information content (AvgIpc) is 2.94. The molecule has 2 aliphatic heterocycles. The molecule has 2 heterocycles. The van der Waals surface area contributed by atoms with Crippen molar-refractivity contribution in [3.05, 3.63) is 63.1 Å². The van der Waals surface area contributed by atoms with Gasteiger partial charge >= 0.3 is 0 Å². The van der Waals surface area contributed by atoms with Crippen molar-refractivity contribution in [2.75, 3.05) is 18.1 Å². The number of amides is 1. The Labute approximate surface area is 208 Å². The summed E-state index contributed by atoms with van der Waals surface area (Å²) in [6, 6.07) is 12.5. The van der Waals surface area contributed by atoms with Crippen LogP contribution in [0.15, 0.2) is 47.6 Å². The minimum absolute atomic E-state index is 0.233. The zero-order chi connectivity index (χ0) is 22.8. The number of anilines is 1. The van der Waals surface area contributed by atoms with Crippen LogP contribution in [0.4, 0.5) is 5.69 Å². The molecule has 1 saturated heterocycles. The number of hydrogen-bond acceptors (Lipinski definition) is 4. The third kappa shape index (κ3) is 4.87. The second kappa shape index (κ2) is 10.2. The van der Waals surface area contributed by atoms with Crippen LogP contribution in [0.1, 0.15) is 44.2 Å². The van der Waals surface area contributed by atoms with Gasteiger partial charge in [-0.25, -0.2) is 5.01 Å². The summed E-state index contributed by atoms with van der Waals surface area (Å²) in [5.74, 6) is -0.545. The van der Waals surface area contributed by atoms with E-state index in [1.165, 1.54) is 4.53 Å². The Kier molecular flexibility index (Phi) is 7.53. The van der Waals surface area contributed by atoms with E-state index in [4.69, 9.17) is 51.7 Å². The van der Waals surface area contributed by atoms with E-state index >= 15 is 0 Å². The van der Waals surface area contributed by atoms with Crippen molar-refractivity contribution in [2.45, 2.75) is 38.6 Å². The molecule has 1 amide bonds. The lowest BCUT2D eigenvalue weighted by atomic mass is 9.91. The number of carbonyl (C=O) groups excluding carboxylic acids is 1. The van der Waals surface area contributed by atoms with E-state index in [0.29, 0.717) is 26.5 Å². The first-order valence-electron chi connectivity index (χ1n) is 10.7. The second-order valence-corrected chi connectivity index (χ2v) is 9.74. The number of benzene rings is 2. The molecule has 1 fully saturated rings. The first-order valence-corrected chi connectivity index (χ1v) is 12.2. The molecule has 0 aromatic heterocycles. The van der Waals surface area contributed by atoms with E-state index in [1.807, 2.05) is 42.3 Å². The molecule has 4 rings (SSSR count). The molecule has 2 aromatic rings. The van der Waals surface area contributed by atoms with Crippen LogP contribution >= 0.6 is 46.6 Å². The predicted octanol–water partition coefficient (Wildman–Crippen LogP) is 6.97. The molecule has 0 aliphatic carbocycles. The number of hydrazone groups is 1. The fourth-order valence-electron chi connectivity index (χ4n) is 4.28. The van der Waals surface area contributed by atoms with Gasteiger partial charge in [0, 0.05) is 40.8 Å². The van der Waals surface area contributed by atoms with Crippen molar-refractivity contribution in [3.63, 3.8) is 0 Å². The maximum atomic E-state index is 13.4. The maximum Gasteiger partial charge on any atom is 0.299 e. The standard InChI is InChI=1S/C23H24Cl4N4O/c1-15-21(23(32)31(27)29-12-4-2-3-5-13-29)28-30(20-11-10-18(25)14-19(20)26)22(15)16-6-8-17(24)9-7-16/h6-11,14-15,22H,2-5,12-13H2,1H3/t15-,22+/m1/s1. The van der Waals surface area contributed by atoms with Gasteiger partial charge in [0.1, 0.15) is 5.71 Å². The highest BCUT2D eigenvalue weighted by atomic mass is 35.5. The fourth-order valence-corrected chi connectivity index (χ4v) is 5.14. The summed E-state index contributed by atoms with van der Waals surface area (Å²) in [4.78, 5) is 13.4. The summed E-state index contributed by atoms with van der Waals surface area (Å²) in [5, 5.41) is 10.0. The molecule has 0 unspecified atom stereocenters. The molecule has 2 atom stereocenters. The largest absolute Gasteiger partial charge is 0.299 e. The molecule has 0 N–H and O–H groups in total. The molecule has 0 spiro atoms. The number of hydrogen-bond donors (Lipinski definition) is 0. The van der Waals surface area contributed by atoms with Gasteiger partial charge in [-0.2, -0.15) is 9.63 Å². The molecule has 2 aliphatic rings. The highest BCUT2D eigenvalue weighted by Gasteiger charge is 2.42. The van der Waals surface area contributed by atoms with Crippen molar-refractivity contribution in [1.82, 2.24) is 9.54 Å². The van der Waals surface area contributed by atoms with Gasteiger partial charge in [0.15, 0.2) is 0 Å². The van der Waals surface area contributed by atoms with Crippen molar-refractivity contribution in [2.24, 2.45) is 11.0 Å². The zero-order valence-electron chi connectivity index (χ0n) is 17.6. The van der Waals surface area contributed by atoms with E-state index in [9.17, 15) is 4.79 Å². The first-order chi connectivity index (χ1) is 15.4. The lowest BCUT2D eigenvalue weighted by Crippen LogP contribution is -2.44. The first kappa shape index (κ1) is 23.7. The summed E-state index contributed by atoms with van der Waals surface area (Å²) in [7, 11) is 0. The van der Waals surface area contributed by atoms with Crippen molar-refractivity contribution < 1.29 is 4.79 Å². The Balaban J connectivity index is 1.70. The third-order valence-electron chi connectivity index (χ3n) is 5.97. The van der Waals surface area contributed by atoms with Gasteiger partial charge < -0.3 is 0 Å². The van der Waals surface area contributed by atoms with Crippen LogP contribution in [0, 0.1) is 5.92 Å². The van der Waals surface area contributed by atoms with E-state index in [1.54, 1.807) is 17.1 Å². The molecule has 0 bridgehead atoms. The van der Waals surface area contributed by atoms with E-state index in [2.05, 4.69) is 0 Å². The zero-order valence-corrected chi connectivity index (χ0v) is 20.7. The lowest BCUT2D eigenvalue weighted by molar-refractivity contribution is -0.130. The normalized spacial score (nSPS) is 21.9. The highest BCUT2D eigenvalue weighted by molar-refractivity contribution is 6.46. The minimum Gasteiger partial charge on any atom is -0.265 e. The van der Waals surface area contributed by atoms with Gasteiger partial charge in [-0.15, -0.1) is 0 Å². The van der Waals surface area contributed by atoms with Crippen molar-refractivity contribution in [1.29, 1.82) is 0 Å². The summed E-state index contributed by atoms with van der Waals surface area (Å²) < 4.78 is 1.21. The Morgan fingerprint density at radius 2 is 1.59 bits per heavy atom. The second-order valence-electron chi connectivity index (χ2n) is 8.14. The lowest BCUT2D eigenvalue weighted by Gasteiger charge is -2.29. The molecular formula is C23H24Cl4N4O. The molecule has 2 aromatic carbocycles. The number of halogens is 4. The number of hydrazine groups is 1. The third-order valence-corrected chi connectivity index (χ3v) is 7.13. The monoisotopic (exact) mass is 512 g/mol. The Bertz CT molecular complexity index is 1010. The fraction of sp³-hybridized carbons (Fsp3) is 0.391. The maximum absolute atomic E-state index is 13.4. The quantitative estimate of drug-likeness (QED) is 0.414. The molecule has 9 heteroatoms. The molecule has 32 heavy (non-hydrogen) atoms. The van der Waals surface area contributed by atoms with Crippen LogP contribution in [0.5, 0.6) is 0 Å². The van der Waals surface area contributed by atoms with Gasteiger partial charge in [-0.3, -0.25) is 9.80 Å². The topological polar surface area (TPSA) is 39.2 Å². The van der Waals surface area contributed by atoms with Crippen LogP contribution < -0.4 is 5.01 Å². The van der Waals surface area contributed by atoms with Crippen LogP contribution in [-0.2, 0) is 4.79 Å². The summed E-state index contributed by atoms with van der Waals surface area (Å²) in [5.41, 5.74) is 2.02. The average molecular weight is 514 g/mol. The van der Waals surface area contributed by atoms with Crippen molar-refractivity contribution in [3.8, 4) is 0 Å². The smallest absolute Gasteiger partial charge is 0.265 e. The molecular weight excluding hydrogens is 490 g/mol. The Morgan fingerprint density at radius 3 is 2.22 bits per heavy atom. The molecule has 0 radical (unpaired) electrons. The minimum atomic E-state index is -0.312. The summed E-state index contributed by atoms with van der Waals surface area (Å²) in [6.07, 6.45) is 4.32. The number of rotatable bonds is 4. The van der Waals surface area contributed by atoms with Gasteiger partial charge in [0.25, 0.3) is 5.91 Å². The Hall–Kier alpha value is -1.50. The van der Waals surface area contributed by atoms with Gasteiger partial charge in [-0.05, 0) is 48.7 Å². The van der Waals surface area contributed by atoms with Gasteiger partial charge in [0.05, 0.1) is 16.8 Å². The van der Waals surface area contributed by atoms with Crippen LogP contribution in [0.25, 0.3) is 0 Å². The molecule has 0 saturated carbocycles. The predicted molar refractivity (Wildman–Crippen MR) is 132 cm³/mol. The highest BCUT2D eigenvalue weighted by Crippen LogP contribution is 2.43. The van der Waals surface area contributed by atoms with Crippen LogP contribution in [0.3, 0.4) is 0 Å². The number of carbonyl (C=O) groups is 1. The van der Waals surface area contributed by atoms with Gasteiger partial charge in [0.2, 0.25) is 0 Å². The SMILES string of the molecule is C[C@@H]1C(C(=O)N(Cl)N2CCCCCC2)=NN(c2ccc(Cl)cc2Cl)[C@@H]1c1ccc(Cl)cc1. The molecule has 170 valence electrons. The van der Waals surface area contributed by atoms with E-state index in [-0.39, 0.29) is 17.9 Å². The summed E-state index contributed by atoms with van der Waals surface area (Å²) >= 11 is 25.3. The van der Waals surface area contributed by atoms with E-state index < -0.39 is 0 Å².